The first kappa shape index (κ1) is 8.80. The Kier molecular flexibility index (Phi) is 1.62. The number of hydrogen-bond acceptors (Lipinski definition) is 2. The van der Waals surface area contributed by atoms with Crippen LogP contribution in [0.2, 0.25) is 0 Å². The molecule has 2 aromatic rings. The first-order valence-corrected chi connectivity index (χ1v) is 5.26. The first-order valence-electron chi connectivity index (χ1n) is 5.26. The molecule has 1 fully saturated rings. The van der Waals surface area contributed by atoms with Crippen LogP contribution in [0.4, 0.5) is 0 Å². The lowest BCUT2D eigenvalue weighted by Gasteiger charge is -2.11. The van der Waals surface area contributed by atoms with Gasteiger partial charge in [0.25, 0.3) is 0 Å². The molecule has 4 N–H and O–H groups in total. The first-order chi connectivity index (χ1) is 7.27. The average Bonchev–Trinajstić information content (AvgIpc) is 2.92. The predicted molar refractivity (Wildman–Crippen MR) is 59.9 cm³/mol. The van der Waals surface area contributed by atoms with Crippen molar-refractivity contribution in [3.8, 4) is 5.75 Å². The van der Waals surface area contributed by atoms with Crippen molar-refractivity contribution >= 4 is 10.9 Å². The average molecular weight is 202 g/mol. The number of rotatable bonds is 2. The van der Waals surface area contributed by atoms with E-state index in [-0.39, 0.29) is 5.41 Å². The topological polar surface area (TPSA) is 62.0 Å². The molecule has 15 heavy (non-hydrogen) atoms. The second-order valence-corrected chi connectivity index (χ2v) is 4.39. The van der Waals surface area contributed by atoms with Crippen LogP contribution in [0.3, 0.4) is 0 Å². The minimum atomic E-state index is 0.122. The number of fused-ring (bicyclic) bond motifs is 1. The molecule has 1 aromatic heterocycles. The summed E-state index contributed by atoms with van der Waals surface area (Å²) >= 11 is 0. The normalized spacial score (nSPS) is 18.2. The van der Waals surface area contributed by atoms with Gasteiger partial charge in [0.15, 0.2) is 0 Å². The largest absolute Gasteiger partial charge is 0.507 e. The Labute approximate surface area is 87.9 Å². The van der Waals surface area contributed by atoms with Gasteiger partial charge in [0.2, 0.25) is 0 Å². The Morgan fingerprint density at radius 1 is 1.40 bits per heavy atom. The quantitative estimate of drug-likeness (QED) is 0.696. The summed E-state index contributed by atoms with van der Waals surface area (Å²) in [7, 11) is 0. The lowest BCUT2D eigenvalue weighted by molar-refractivity contribution is 0.481. The molecule has 1 aliphatic carbocycles. The minimum Gasteiger partial charge on any atom is -0.507 e. The fourth-order valence-corrected chi connectivity index (χ4v) is 2.32. The van der Waals surface area contributed by atoms with Crippen LogP contribution in [0.15, 0.2) is 24.4 Å². The summed E-state index contributed by atoms with van der Waals surface area (Å²) in [5, 5.41) is 10.8. The number of H-pyrrole nitrogens is 1. The highest BCUT2D eigenvalue weighted by Crippen LogP contribution is 2.50. The zero-order chi connectivity index (χ0) is 10.5. The van der Waals surface area contributed by atoms with E-state index in [2.05, 4.69) is 4.98 Å². The molecule has 0 spiro atoms. The Morgan fingerprint density at radius 3 is 2.87 bits per heavy atom. The Hall–Kier alpha value is -1.48. The monoisotopic (exact) mass is 202 g/mol. The van der Waals surface area contributed by atoms with Crippen molar-refractivity contribution in [3.63, 3.8) is 0 Å². The molecule has 1 aromatic carbocycles. The fourth-order valence-electron chi connectivity index (χ4n) is 2.32. The number of aromatic nitrogens is 1. The molecule has 1 saturated carbocycles. The maximum Gasteiger partial charge on any atom is 0.125 e. The van der Waals surface area contributed by atoms with E-state index in [1.807, 2.05) is 18.3 Å². The lowest BCUT2D eigenvalue weighted by Crippen LogP contribution is -2.19. The summed E-state index contributed by atoms with van der Waals surface area (Å²) in [6, 6.07) is 5.55. The third-order valence-corrected chi connectivity index (χ3v) is 3.50. The number of nitrogens with one attached hydrogen (secondary N) is 1. The molecule has 0 amide bonds. The summed E-state index contributed by atoms with van der Waals surface area (Å²) in [4.78, 5) is 3.19. The number of phenolic OH excluding ortho intramolecular Hbond substituents is 1. The van der Waals surface area contributed by atoms with Gasteiger partial charge in [-0.2, -0.15) is 0 Å². The van der Waals surface area contributed by atoms with Crippen LogP contribution in [-0.2, 0) is 5.41 Å². The van der Waals surface area contributed by atoms with Crippen molar-refractivity contribution in [1.29, 1.82) is 0 Å². The summed E-state index contributed by atoms with van der Waals surface area (Å²) in [6.45, 7) is 0.661. The number of aromatic hydroxyl groups is 1. The van der Waals surface area contributed by atoms with Crippen molar-refractivity contribution in [2.24, 2.45) is 5.73 Å². The van der Waals surface area contributed by atoms with Gasteiger partial charge in [-0.3, -0.25) is 0 Å². The van der Waals surface area contributed by atoms with Crippen LogP contribution in [0.25, 0.3) is 10.9 Å². The third-order valence-electron chi connectivity index (χ3n) is 3.50. The zero-order valence-electron chi connectivity index (χ0n) is 8.46. The molecule has 0 bridgehead atoms. The number of aromatic amines is 1. The molecule has 0 radical (unpaired) electrons. The predicted octanol–water partition coefficient (Wildman–Crippen LogP) is 1.86. The number of phenols is 1. The molecule has 0 atom stereocenters. The minimum absolute atomic E-state index is 0.122. The second kappa shape index (κ2) is 2.76. The van der Waals surface area contributed by atoms with Crippen LogP contribution >= 0.6 is 0 Å². The molecule has 0 aliphatic heterocycles. The molecule has 3 nitrogen and oxygen atoms in total. The maximum atomic E-state index is 9.87. The highest BCUT2D eigenvalue weighted by atomic mass is 16.3. The van der Waals surface area contributed by atoms with Gasteiger partial charge in [-0.1, -0.05) is 6.07 Å². The Morgan fingerprint density at radius 2 is 2.20 bits per heavy atom. The molecular weight excluding hydrogens is 188 g/mol. The SMILES string of the molecule is NCC1(c2c[nH]c3cccc(O)c23)CC1. The van der Waals surface area contributed by atoms with Crippen LogP contribution < -0.4 is 5.73 Å². The summed E-state index contributed by atoms with van der Waals surface area (Å²) in [5.41, 5.74) is 8.10. The molecular formula is C12H14N2O. The van der Waals surface area contributed by atoms with E-state index in [0.29, 0.717) is 12.3 Å². The van der Waals surface area contributed by atoms with E-state index in [9.17, 15) is 5.11 Å². The van der Waals surface area contributed by atoms with Crippen LogP contribution in [-0.4, -0.2) is 16.6 Å². The summed E-state index contributed by atoms with van der Waals surface area (Å²) in [5.74, 6) is 0.350. The molecule has 1 heterocycles. The van der Waals surface area contributed by atoms with E-state index >= 15 is 0 Å². The molecule has 0 saturated heterocycles. The van der Waals surface area contributed by atoms with Crippen molar-refractivity contribution in [2.75, 3.05) is 6.54 Å². The highest BCUT2D eigenvalue weighted by Gasteiger charge is 2.44. The van der Waals surface area contributed by atoms with Gasteiger partial charge in [-0.05, 0) is 30.5 Å². The second-order valence-electron chi connectivity index (χ2n) is 4.39. The fraction of sp³-hybridized carbons (Fsp3) is 0.333. The molecule has 1 aliphatic rings. The van der Waals surface area contributed by atoms with Gasteiger partial charge in [-0.15, -0.1) is 0 Å². The summed E-state index contributed by atoms with van der Waals surface area (Å²) in [6.07, 6.45) is 4.25. The number of hydrogen-bond donors (Lipinski definition) is 3. The van der Waals surface area contributed by atoms with E-state index in [4.69, 9.17) is 5.73 Å². The summed E-state index contributed by atoms with van der Waals surface area (Å²) < 4.78 is 0. The van der Waals surface area contributed by atoms with E-state index < -0.39 is 0 Å². The molecule has 3 rings (SSSR count). The Balaban J connectivity index is 2.28. The van der Waals surface area contributed by atoms with Gasteiger partial charge in [0, 0.05) is 29.1 Å². The number of nitrogens with two attached hydrogens (primary N) is 1. The standard InChI is InChI=1S/C12H14N2O/c13-7-12(4-5-12)8-6-14-9-2-1-3-10(15)11(8)9/h1-3,6,14-15H,4-5,7,13H2. The van der Waals surface area contributed by atoms with Crippen molar-refractivity contribution < 1.29 is 5.11 Å². The van der Waals surface area contributed by atoms with E-state index in [1.165, 1.54) is 5.56 Å². The van der Waals surface area contributed by atoms with Gasteiger partial charge in [0.05, 0.1) is 0 Å². The van der Waals surface area contributed by atoms with Crippen LogP contribution in [0, 0.1) is 0 Å². The highest BCUT2D eigenvalue weighted by molar-refractivity contribution is 5.90. The van der Waals surface area contributed by atoms with Gasteiger partial charge in [-0.25, -0.2) is 0 Å². The third kappa shape index (κ3) is 1.10. The van der Waals surface area contributed by atoms with E-state index in [1.54, 1.807) is 6.07 Å². The van der Waals surface area contributed by atoms with Gasteiger partial charge < -0.3 is 15.8 Å². The van der Waals surface area contributed by atoms with Crippen molar-refractivity contribution in [1.82, 2.24) is 4.98 Å². The van der Waals surface area contributed by atoms with E-state index in [0.717, 1.165) is 23.7 Å². The van der Waals surface area contributed by atoms with Crippen molar-refractivity contribution in [2.45, 2.75) is 18.3 Å². The van der Waals surface area contributed by atoms with Gasteiger partial charge in [0.1, 0.15) is 5.75 Å². The van der Waals surface area contributed by atoms with Crippen LogP contribution in [0.1, 0.15) is 18.4 Å². The maximum absolute atomic E-state index is 9.87. The molecule has 78 valence electrons. The molecule has 0 unspecified atom stereocenters. The zero-order valence-corrected chi connectivity index (χ0v) is 8.46. The smallest absolute Gasteiger partial charge is 0.125 e. The number of benzene rings is 1. The van der Waals surface area contributed by atoms with Crippen LogP contribution in [0.5, 0.6) is 5.75 Å². The Bertz CT molecular complexity index is 511. The molecule has 3 heteroatoms. The lowest BCUT2D eigenvalue weighted by atomic mass is 9.95. The van der Waals surface area contributed by atoms with Gasteiger partial charge >= 0.3 is 0 Å². The van der Waals surface area contributed by atoms with Crippen molar-refractivity contribution in [3.05, 3.63) is 30.0 Å².